The van der Waals surface area contributed by atoms with Crippen LogP contribution in [0.25, 0.3) is 43.7 Å². The second-order valence-electron chi connectivity index (χ2n) is 13.8. The van der Waals surface area contributed by atoms with Crippen molar-refractivity contribution >= 4 is 39.5 Å². The van der Waals surface area contributed by atoms with E-state index in [1.54, 1.807) is 24.3 Å². The molecule has 0 radical (unpaired) electrons. The predicted octanol–water partition coefficient (Wildman–Crippen LogP) is 5.99. The monoisotopic (exact) mass is 720 g/mol. The fourth-order valence-electron chi connectivity index (χ4n) is 8.08. The average molecular weight is 721 g/mol. The lowest BCUT2D eigenvalue weighted by atomic mass is 9.95. The maximum absolute atomic E-state index is 16.9. The van der Waals surface area contributed by atoms with Gasteiger partial charge in [0.2, 0.25) is 6.54 Å². The summed E-state index contributed by atoms with van der Waals surface area (Å²) in [4.78, 5) is 39.4. The van der Waals surface area contributed by atoms with Crippen LogP contribution >= 0.6 is 0 Å². The number of aromatic nitrogens is 4. The van der Waals surface area contributed by atoms with E-state index < -0.39 is 35.3 Å². The number of fused-ring (bicyclic) bond motifs is 3. The summed E-state index contributed by atoms with van der Waals surface area (Å²) in [6.07, 6.45) is 4.86. The second-order valence-corrected chi connectivity index (χ2v) is 13.8. The predicted molar refractivity (Wildman–Crippen MR) is 193 cm³/mol. The minimum absolute atomic E-state index is 0.0189. The highest BCUT2D eigenvalue weighted by molar-refractivity contribution is 6.01. The summed E-state index contributed by atoms with van der Waals surface area (Å²) in [7, 11) is 0. The number of phenols is 1. The van der Waals surface area contributed by atoms with Gasteiger partial charge in [-0.05, 0) is 60.0 Å². The summed E-state index contributed by atoms with van der Waals surface area (Å²) in [6.45, 7) is 9.03. The van der Waals surface area contributed by atoms with Crippen molar-refractivity contribution in [2.24, 2.45) is 0 Å². The van der Waals surface area contributed by atoms with Gasteiger partial charge in [-0.1, -0.05) is 30.3 Å². The number of hydrogen-bond donors (Lipinski definition) is 1. The van der Waals surface area contributed by atoms with Crippen LogP contribution in [0.5, 0.6) is 11.8 Å². The van der Waals surface area contributed by atoms with E-state index in [1.165, 1.54) is 23.4 Å². The molecule has 11 nitrogen and oxygen atoms in total. The van der Waals surface area contributed by atoms with E-state index in [1.807, 2.05) is 29.2 Å². The lowest BCUT2D eigenvalue weighted by Crippen LogP contribution is -2.56. The number of halogens is 3. The van der Waals surface area contributed by atoms with Crippen molar-refractivity contribution in [1.82, 2.24) is 29.7 Å². The zero-order valence-corrected chi connectivity index (χ0v) is 28.6. The number of carbonyl (C=O) groups is 1. The molecular formula is C39H35F3N8O3. The van der Waals surface area contributed by atoms with Crippen molar-refractivity contribution < 1.29 is 27.8 Å². The number of aromatic hydroxyl groups is 1. The van der Waals surface area contributed by atoms with Gasteiger partial charge in [-0.15, -0.1) is 0 Å². The maximum Gasteiger partial charge on any atom is 0.319 e. The van der Waals surface area contributed by atoms with Crippen LogP contribution in [0, 0.1) is 12.4 Å². The minimum Gasteiger partial charge on any atom is -0.508 e. The molecule has 53 heavy (non-hydrogen) atoms. The van der Waals surface area contributed by atoms with Crippen LogP contribution in [0.2, 0.25) is 0 Å². The van der Waals surface area contributed by atoms with Crippen LogP contribution in [0.3, 0.4) is 0 Å². The van der Waals surface area contributed by atoms with Gasteiger partial charge < -0.3 is 24.5 Å². The molecule has 5 heterocycles. The summed E-state index contributed by atoms with van der Waals surface area (Å²) in [5.41, 5.74) is 0.155. The first-order valence-corrected chi connectivity index (χ1v) is 17.5. The normalized spacial score (nSPS) is 22.0. The highest BCUT2D eigenvalue weighted by Crippen LogP contribution is 2.42. The third-order valence-corrected chi connectivity index (χ3v) is 10.5. The Labute approximate surface area is 303 Å². The third-order valence-electron chi connectivity index (χ3n) is 10.5. The number of anilines is 1. The number of ether oxygens (including phenoxy) is 1. The van der Waals surface area contributed by atoms with Crippen LogP contribution in [-0.2, 0) is 4.79 Å². The highest BCUT2D eigenvalue weighted by Gasteiger charge is 2.49. The van der Waals surface area contributed by atoms with Gasteiger partial charge in [-0.25, -0.2) is 29.7 Å². The van der Waals surface area contributed by atoms with Crippen molar-refractivity contribution in [3.8, 4) is 22.9 Å². The van der Waals surface area contributed by atoms with Gasteiger partial charge in [0.1, 0.15) is 35.9 Å². The Bertz CT molecular complexity index is 2290. The summed E-state index contributed by atoms with van der Waals surface area (Å²) in [5, 5.41) is 12.4. The molecule has 1 N–H and O–H groups in total. The third kappa shape index (κ3) is 6.46. The molecule has 3 atom stereocenters. The average Bonchev–Trinajstić information content (AvgIpc) is 3.69. The molecular weight excluding hydrogens is 685 g/mol. The molecule has 0 spiro atoms. The molecule has 0 unspecified atom stereocenters. The van der Waals surface area contributed by atoms with Crippen LogP contribution in [-0.4, -0.2) is 104 Å². The van der Waals surface area contributed by atoms with Gasteiger partial charge >= 0.3 is 6.01 Å². The van der Waals surface area contributed by atoms with E-state index in [-0.39, 0.29) is 61.5 Å². The SMILES string of the molecule is [C-]#[N+]C[C@H]1CN(c2nc(OC[C@@]34CCCN3C[C@H](F)C4)nc3c(F)c(-c4cc(O)cc5ccccc45)ccc23)CCN1C(=O)/C(F)=C/c1ncccn1. The van der Waals surface area contributed by atoms with E-state index in [2.05, 4.69) is 24.7 Å². The van der Waals surface area contributed by atoms with Crippen LogP contribution in [0.4, 0.5) is 19.0 Å². The first kappa shape index (κ1) is 34.3. The van der Waals surface area contributed by atoms with Gasteiger partial charge in [-0.3, -0.25) is 9.69 Å². The Hall–Kier alpha value is -5.81. The Morgan fingerprint density at radius 2 is 1.87 bits per heavy atom. The molecule has 3 aliphatic heterocycles. The molecule has 3 fully saturated rings. The number of hydrogen-bond acceptors (Lipinski definition) is 9. The molecule has 270 valence electrons. The van der Waals surface area contributed by atoms with Gasteiger partial charge in [0.25, 0.3) is 5.91 Å². The largest absolute Gasteiger partial charge is 0.508 e. The van der Waals surface area contributed by atoms with Crippen LogP contribution in [0.1, 0.15) is 25.1 Å². The van der Waals surface area contributed by atoms with Crippen LogP contribution in [0.15, 0.2) is 72.8 Å². The van der Waals surface area contributed by atoms with Gasteiger partial charge in [0.05, 0.1) is 5.54 Å². The standard InChI is InChI=1S/C39H35F3N8O3/c1-43-20-26-22-48(14-15-50(26)37(52)32(41)18-33-44-11-5-12-45-33)36-30-9-8-29(31-17-27(51)16-24-6-2-3-7-28(24)31)34(42)35(30)46-38(47-36)53-23-39-10-4-13-49(39)21-25(40)19-39/h2-3,5-9,11-12,16-18,25-26,51H,4,10,13-15,19-23H2/b32-18-/t25-,26+,39+/m1/s1. The lowest BCUT2D eigenvalue weighted by Gasteiger charge is -2.39. The Morgan fingerprint density at radius 1 is 1.04 bits per heavy atom. The van der Waals surface area contributed by atoms with E-state index in [0.29, 0.717) is 29.7 Å². The molecule has 0 bridgehead atoms. The number of rotatable bonds is 8. The summed E-state index contributed by atoms with van der Waals surface area (Å²) >= 11 is 0. The summed E-state index contributed by atoms with van der Waals surface area (Å²) < 4.78 is 53.0. The highest BCUT2D eigenvalue weighted by atomic mass is 19.1. The van der Waals surface area contributed by atoms with Crippen molar-refractivity contribution in [2.45, 2.75) is 37.0 Å². The second kappa shape index (κ2) is 14.0. The van der Waals surface area contributed by atoms with Crippen molar-refractivity contribution in [3.05, 3.63) is 95.9 Å². The smallest absolute Gasteiger partial charge is 0.319 e. The molecule has 0 saturated carbocycles. The zero-order chi connectivity index (χ0) is 36.7. The Kier molecular flexibility index (Phi) is 9.03. The zero-order valence-electron chi connectivity index (χ0n) is 28.6. The number of phenolic OH excluding ortho intramolecular Hbond substituents is 1. The Balaban J connectivity index is 1.18. The number of piperazine rings is 1. The first-order chi connectivity index (χ1) is 25.7. The summed E-state index contributed by atoms with van der Waals surface area (Å²) in [6, 6.07) is 14.6. The molecule has 2 aromatic heterocycles. The summed E-state index contributed by atoms with van der Waals surface area (Å²) in [5.74, 6) is -2.26. The van der Waals surface area contributed by atoms with Gasteiger partial charge in [0, 0.05) is 62.0 Å². The molecule has 1 amide bonds. The van der Waals surface area contributed by atoms with Crippen molar-refractivity contribution in [3.63, 3.8) is 0 Å². The van der Waals surface area contributed by atoms with E-state index >= 15 is 8.78 Å². The van der Waals surface area contributed by atoms with Crippen molar-refractivity contribution in [2.75, 3.05) is 50.8 Å². The number of alkyl halides is 1. The minimum atomic E-state index is -1.06. The topological polar surface area (TPSA) is 112 Å². The van der Waals surface area contributed by atoms with E-state index in [0.717, 1.165) is 36.2 Å². The number of amides is 1. The molecule has 3 aliphatic rings. The molecule has 5 aromatic rings. The first-order valence-electron chi connectivity index (χ1n) is 17.5. The van der Waals surface area contributed by atoms with E-state index in [4.69, 9.17) is 16.3 Å². The fraction of sp³-hybridized carbons (Fsp3) is 0.333. The quantitative estimate of drug-likeness (QED) is 0.153. The molecule has 3 saturated heterocycles. The van der Waals surface area contributed by atoms with Gasteiger partial charge in [-0.2, -0.15) is 9.97 Å². The number of benzene rings is 3. The van der Waals surface area contributed by atoms with Crippen molar-refractivity contribution in [1.29, 1.82) is 0 Å². The number of nitrogens with zero attached hydrogens (tertiary/aromatic N) is 8. The van der Waals surface area contributed by atoms with Gasteiger partial charge in [0.15, 0.2) is 17.5 Å². The molecule has 3 aromatic carbocycles. The fourth-order valence-corrected chi connectivity index (χ4v) is 8.08. The molecule has 8 rings (SSSR count). The molecule has 0 aliphatic carbocycles. The lowest BCUT2D eigenvalue weighted by molar-refractivity contribution is -0.130. The maximum atomic E-state index is 16.9. The number of carbonyl (C=O) groups excluding carboxylic acids is 1. The van der Waals surface area contributed by atoms with E-state index in [9.17, 15) is 14.3 Å². The Morgan fingerprint density at radius 3 is 2.70 bits per heavy atom. The molecule has 14 heteroatoms. The van der Waals surface area contributed by atoms with Crippen LogP contribution < -0.4 is 9.64 Å².